The number of benzene rings is 2. The lowest BCUT2D eigenvalue weighted by atomic mass is 10.0. The van der Waals surface area contributed by atoms with Crippen molar-refractivity contribution in [3.8, 4) is 0 Å². The van der Waals surface area contributed by atoms with Gasteiger partial charge in [0.25, 0.3) is 5.91 Å². The Morgan fingerprint density at radius 2 is 1.85 bits per heavy atom. The number of hydrogen-bond acceptors (Lipinski definition) is 3. The minimum Gasteiger partial charge on any atom is -0.372 e. The summed E-state index contributed by atoms with van der Waals surface area (Å²) in [7, 11) is 0. The minimum atomic E-state index is -0.278. The number of rotatable bonds is 5. The molecule has 2 aromatic carbocycles. The second-order valence-corrected chi connectivity index (χ2v) is 6.26. The molecule has 0 aliphatic carbocycles. The van der Waals surface area contributed by atoms with E-state index < -0.39 is 0 Å². The number of hydrogen-bond donors (Lipinski definition) is 0. The Kier molecular flexibility index (Phi) is 5.37. The zero-order chi connectivity index (χ0) is 19.4. The summed E-state index contributed by atoms with van der Waals surface area (Å²) in [5.41, 5.74) is 4.11. The van der Waals surface area contributed by atoms with Crippen LogP contribution in [0.1, 0.15) is 25.0 Å². The van der Waals surface area contributed by atoms with Crippen LogP contribution in [0.15, 0.2) is 59.2 Å². The van der Waals surface area contributed by atoms with Gasteiger partial charge in [-0.05, 0) is 61.3 Å². The normalized spacial score (nSPS) is 15.0. The zero-order valence-electron chi connectivity index (χ0n) is 15.8. The molecule has 0 unspecified atom stereocenters. The first-order valence-electron chi connectivity index (χ1n) is 9.02. The van der Waals surface area contributed by atoms with Crippen molar-refractivity contribution in [2.24, 2.45) is 5.10 Å². The van der Waals surface area contributed by atoms with Crippen molar-refractivity contribution in [1.82, 2.24) is 0 Å². The summed E-state index contributed by atoms with van der Waals surface area (Å²) in [4.78, 5) is 18.6. The Morgan fingerprint density at radius 3 is 2.44 bits per heavy atom. The number of para-hydroxylation sites is 1. The van der Waals surface area contributed by atoms with Crippen molar-refractivity contribution < 1.29 is 4.79 Å². The van der Waals surface area contributed by atoms with Crippen LogP contribution in [0.3, 0.4) is 0 Å². The third kappa shape index (κ3) is 3.61. The quantitative estimate of drug-likeness (QED) is 0.583. The van der Waals surface area contributed by atoms with Crippen LogP contribution < -0.4 is 9.91 Å². The third-order valence-electron chi connectivity index (χ3n) is 4.65. The van der Waals surface area contributed by atoms with Gasteiger partial charge >= 0.3 is 5.84 Å². The molecule has 136 valence electrons. The van der Waals surface area contributed by atoms with Crippen molar-refractivity contribution in [3.63, 3.8) is 0 Å². The highest BCUT2D eigenvalue weighted by atomic mass is 16.2. The van der Waals surface area contributed by atoms with Crippen LogP contribution in [0.4, 0.5) is 11.4 Å². The summed E-state index contributed by atoms with van der Waals surface area (Å²) in [6, 6.07) is 15.3. The van der Waals surface area contributed by atoms with Crippen molar-refractivity contribution in [1.29, 1.82) is 0 Å². The van der Waals surface area contributed by atoms with Crippen molar-refractivity contribution in [2.75, 3.05) is 23.0 Å². The van der Waals surface area contributed by atoms with Gasteiger partial charge in [0.1, 0.15) is 0 Å². The smallest absolute Gasteiger partial charge is 0.307 e. The molecule has 5 heteroatoms. The summed E-state index contributed by atoms with van der Waals surface area (Å²) in [6.07, 6.45) is 1.77. The van der Waals surface area contributed by atoms with E-state index in [0.717, 1.165) is 29.9 Å². The lowest BCUT2D eigenvalue weighted by molar-refractivity contribution is -0.114. The Morgan fingerprint density at radius 1 is 1.15 bits per heavy atom. The molecule has 1 heterocycles. The molecule has 27 heavy (non-hydrogen) atoms. The Hall–Kier alpha value is -3.39. The van der Waals surface area contributed by atoms with Gasteiger partial charge < -0.3 is 9.74 Å². The van der Waals surface area contributed by atoms with Gasteiger partial charge in [0.05, 0.1) is 11.3 Å². The van der Waals surface area contributed by atoms with E-state index in [4.69, 9.17) is 6.57 Å². The Labute approximate surface area is 160 Å². The van der Waals surface area contributed by atoms with E-state index in [1.165, 1.54) is 5.01 Å². The van der Waals surface area contributed by atoms with Gasteiger partial charge in [-0.2, -0.15) is 0 Å². The highest BCUT2D eigenvalue weighted by Crippen LogP contribution is 2.27. The van der Waals surface area contributed by atoms with Crippen molar-refractivity contribution >= 4 is 29.2 Å². The molecule has 1 aliphatic rings. The number of hydrazone groups is 1. The molecule has 1 aliphatic heterocycles. The van der Waals surface area contributed by atoms with E-state index in [1.807, 2.05) is 31.2 Å². The molecule has 0 saturated carbocycles. The van der Waals surface area contributed by atoms with Gasteiger partial charge in [0.2, 0.25) is 0 Å². The zero-order valence-corrected chi connectivity index (χ0v) is 15.8. The van der Waals surface area contributed by atoms with Gasteiger partial charge in [-0.1, -0.05) is 36.9 Å². The predicted molar refractivity (Wildman–Crippen MR) is 111 cm³/mol. The molecule has 0 fully saturated rings. The number of amides is 1. The molecule has 5 nitrogen and oxygen atoms in total. The van der Waals surface area contributed by atoms with Gasteiger partial charge in [0, 0.05) is 18.8 Å². The summed E-state index contributed by atoms with van der Waals surface area (Å²) < 4.78 is 0. The molecule has 1 amide bonds. The SMILES string of the molecule is [C-]#[N+]C1=NN(c2ccccc2)C(=O)/C1=C\c1ccc(N(CC)CC)cc1C. The topological polar surface area (TPSA) is 40.3 Å². The lowest BCUT2D eigenvalue weighted by Gasteiger charge is -2.22. The highest BCUT2D eigenvalue weighted by molar-refractivity contribution is 6.34. The largest absolute Gasteiger partial charge is 0.372 e. The van der Waals surface area contributed by atoms with Crippen molar-refractivity contribution in [3.05, 3.63) is 76.6 Å². The molecule has 3 rings (SSSR count). The van der Waals surface area contributed by atoms with Crippen LogP contribution in [-0.4, -0.2) is 24.8 Å². The number of amidine groups is 1. The fourth-order valence-electron chi connectivity index (χ4n) is 3.12. The predicted octanol–water partition coefficient (Wildman–Crippen LogP) is 4.50. The van der Waals surface area contributed by atoms with E-state index in [-0.39, 0.29) is 11.7 Å². The Balaban J connectivity index is 1.96. The van der Waals surface area contributed by atoms with E-state index in [2.05, 4.69) is 40.8 Å². The van der Waals surface area contributed by atoms with E-state index in [0.29, 0.717) is 11.3 Å². The van der Waals surface area contributed by atoms with Crippen LogP contribution in [0.5, 0.6) is 0 Å². The maximum absolute atomic E-state index is 12.9. The first kappa shape index (κ1) is 18.4. The molecule has 0 bridgehead atoms. The van der Waals surface area contributed by atoms with E-state index in [1.54, 1.807) is 18.2 Å². The van der Waals surface area contributed by atoms with Gasteiger partial charge in [-0.3, -0.25) is 4.79 Å². The Bertz CT molecular complexity index is 950. The van der Waals surface area contributed by atoms with Crippen LogP contribution in [-0.2, 0) is 4.79 Å². The molecular formula is C22H22N4O. The molecule has 0 saturated heterocycles. The first-order valence-corrected chi connectivity index (χ1v) is 9.02. The monoisotopic (exact) mass is 358 g/mol. The van der Waals surface area contributed by atoms with E-state index >= 15 is 0 Å². The van der Waals surface area contributed by atoms with Crippen LogP contribution in [0.2, 0.25) is 0 Å². The number of carbonyl (C=O) groups excluding carboxylic acids is 1. The summed E-state index contributed by atoms with van der Waals surface area (Å²) in [5, 5.41) is 5.50. The minimum absolute atomic E-state index is 0.121. The molecule has 0 spiro atoms. The van der Waals surface area contributed by atoms with Gasteiger partial charge in [0.15, 0.2) is 0 Å². The standard InChI is InChI=1S/C22H22N4O/c1-5-25(6-2)19-13-12-17(16(3)14-19)15-20-21(23-4)24-26(22(20)27)18-10-8-7-9-11-18/h7-15H,5-6H2,1-3H3/b20-15-. The summed E-state index contributed by atoms with van der Waals surface area (Å²) in [6.45, 7) is 15.6. The third-order valence-corrected chi connectivity index (χ3v) is 4.65. The summed E-state index contributed by atoms with van der Waals surface area (Å²) in [5.74, 6) is -0.157. The number of carbonyl (C=O) groups is 1. The molecule has 2 aromatic rings. The second-order valence-electron chi connectivity index (χ2n) is 6.26. The molecular weight excluding hydrogens is 336 g/mol. The molecule has 0 radical (unpaired) electrons. The fourth-order valence-corrected chi connectivity index (χ4v) is 3.12. The molecule has 0 aromatic heterocycles. The lowest BCUT2D eigenvalue weighted by Crippen LogP contribution is -2.22. The molecule has 0 atom stereocenters. The highest BCUT2D eigenvalue weighted by Gasteiger charge is 2.34. The average molecular weight is 358 g/mol. The fraction of sp³-hybridized carbons (Fsp3) is 0.227. The second kappa shape index (κ2) is 7.88. The van der Waals surface area contributed by atoms with Crippen LogP contribution >= 0.6 is 0 Å². The maximum Gasteiger partial charge on any atom is 0.307 e. The van der Waals surface area contributed by atoms with Crippen LogP contribution in [0, 0.1) is 13.5 Å². The number of anilines is 2. The van der Waals surface area contributed by atoms with Gasteiger partial charge in [-0.25, -0.2) is 0 Å². The van der Waals surface area contributed by atoms with Crippen molar-refractivity contribution in [2.45, 2.75) is 20.8 Å². The van der Waals surface area contributed by atoms with Gasteiger partial charge in [-0.15, -0.1) is 5.01 Å². The summed E-state index contributed by atoms with van der Waals surface area (Å²) >= 11 is 0. The molecule has 0 N–H and O–H groups in total. The average Bonchev–Trinajstić information content (AvgIpc) is 3.01. The first-order chi connectivity index (χ1) is 13.1. The number of nitrogens with zero attached hydrogens (tertiary/aromatic N) is 4. The van der Waals surface area contributed by atoms with Crippen LogP contribution in [0.25, 0.3) is 10.9 Å². The maximum atomic E-state index is 12.9. The van der Waals surface area contributed by atoms with E-state index in [9.17, 15) is 4.79 Å². The number of aryl methyl sites for hydroxylation is 1.